The van der Waals surface area contributed by atoms with Gasteiger partial charge in [0.2, 0.25) is 0 Å². The largest absolute Gasteiger partial charge is 0.459 e. The van der Waals surface area contributed by atoms with Crippen LogP contribution in [0.2, 0.25) is 0 Å². The van der Waals surface area contributed by atoms with E-state index in [9.17, 15) is 14.4 Å². The summed E-state index contributed by atoms with van der Waals surface area (Å²) in [6, 6.07) is 11.5. The van der Waals surface area contributed by atoms with Crippen molar-refractivity contribution in [3.05, 3.63) is 60.1 Å². The average Bonchev–Trinajstić information content (AvgIpc) is 3.27. The average molecular weight is 398 g/mol. The molecule has 1 N–H and O–H groups in total. The van der Waals surface area contributed by atoms with Gasteiger partial charge in [-0.2, -0.15) is 0 Å². The van der Waals surface area contributed by atoms with Crippen LogP contribution in [0.1, 0.15) is 35.9 Å². The Morgan fingerprint density at radius 3 is 2.52 bits per heavy atom. The summed E-state index contributed by atoms with van der Waals surface area (Å²) in [6.07, 6.45) is 3.55. The summed E-state index contributed by atoms with van der Waals surface area (Å²) in [5, 5.41) is 2.64. The number of esters is 1. The normalized spacial score (nSPS) is 15.6. The van der Waals surface area contributed by atoms with Crippen molar-refractivity contribution in [2.75, 3.05) is 19.7 Å². The van der Waals surface area contributed by atoms with Crippen molar-refractivity contribution in [2.45, 2.75) is 32.2 Å². The number of furan rings is 1. The van der Waals surface area contributed by atoms with Crippen molar-refractivity contribution in [1.82, 2.24) is 10.2 Å². The standard InChI is InChI=1S/C22H26N2O5/c1-16-9-11-24(12-10-16)20(25)15-29-22(27)18(14-17-6-3-2-4-7-17)23-21(26)19-8-5-13-28-19/h2-8,13,16,18H,9-12,14-15H2,1H3,(H,23,26)/t18-/m0/s1. The summed E-state index contributed by atoms with van der Waals surface area (Å²) >= 11 is 0. The van der Waals surface area contributed by atoms with Gasteiger partial charge in [0.15, 0.2) is 12.4 Å². The van der Waals surface area contributed by atoms with Crippen LogP contribution in [0.25, 0.3) is 0 Å². The van der Waals surface area contributed by atoms with Crippen LogP contribution in [-0.4, -0.2) is 48.4 Å². The summed E-state index contributed by atoms with van der Waals surface area (Å²) in [4.78, 5) is 39.1. The molecule has 7 nitrogen and oxygen atoms in total. The monoisotopic (exact) mass is 398 g/mol. The molecule has 154 valence electrons. The van der Waals surface area contributed by atoms with Crippen LogP contribution in [0.5, 0.6) is 0 Å². The highest BCUT2D eigenvalue weighted by atomic mass is 16.5. The molecule has 0 aliphatic carbocycles. The third-order valence-electron chi connectivity index (χ3n) is 5.09. The molecule has 1 aromatic heterocycles. The Balaban J connectivity index is 1.60. The first-order valence-corrected chi connectivity index (χ1v) is 9.85. The van der Waals surface area contributed by atoms with Gasteiger partial charge < -0.3 is 19.4 Å². The van der Waals surface area contributed by atoms with Gasteiger partial charge in [-0.1, -0.05) is 37.3 Å². The Bertz CT molecular complexity index is 811. The molecule has 3 rings (SSSR count). The molecule has 2 amide bonds. The number of ether oxygens (including phenoxy) is 1. The fourth-order valence-electron chi connectivity index (χ4n) is 3.26. The first-order chi connectivity index (χ1) is 14.0. The first-order valence-electron chi connectivity index (χ1n) is 9.85. The molecule has 0 radical (unpaired) electrons. The minimum atomic E-state index is -0.927. The third-order valence-corrected chi connectivity index (χ3v) is 5.09. The molecule has 0 saturated carbocycles. The number of nitrogens with one attached hydrogen (secondary N) is 1. The number of likely N-dealkylation sites (tertiary alicyclic amines) is 1. The van der Waals surface area contributed by atoms with Crippen LogP contribution in [0.4, 0.5) is 0 Å². The number of piperidine rings is 1. The zero-order chi connectivity index (χ0) is 20.6. The molecule has 1 aliphatic rings. The van der Waals surface area contributed by atoms with Crippen LogP contribution >= 0.6 is 0 Å². The quantitative estimate of drug-likeness (QED) is 0.724. The van der Waals surface area contributed by atoms with E-state index in [1.165, 1.54) is 12.3 Å². The molecule has 29 heavy (non-hydrogen) atoms. The van der Waals surface area contributed by atoms with Crippen molar-refractivity contribution in [3.63, 3.8) is 0 Å². The van der Waals surface area contributed by atoms with Crippen molar-refractivity contribution in [3.8, 4) is 0 Å². The lowest BCUT2D eigenvalue weighted by Crippen LogP contribution is -2.45. The number of hydrogen-bond acceptors (Lipinski definition) is 5. The van der Waals surface area contributed by atoms with E-state index in [-0.39, 0.29) is 24.7 Å². The molecule has 0 unspecified atom stereocenters. The van der Waals surface area contributed by atoms with E-state index >= 15 is 0 Å². The minimum Gasteiger partial charge on any atom is -0.459 e. The maximum atomic E-state index is 12.7. The molecular formula is C22H26N2O5. The molecular weight excluding hydrogens is 372 g/mol. The van der Waals surface area contributed by atoms with Gasteiger partial charge in [0.25, 0.3) is 11.8 Å². The number of amides is 2. The van der Waals surface area contributed by atoms with Gasteiger partial charge in [-0.25, -0.2) is 4.79 Å². The highest BCUT2D eigenvalue weighted by molar-refractivity contribution is 5.94. The second kappa shape index (κ2) is 9.91. The van der Waals surface area contributed by atoms with Crippen LogP contribution in [0, 0.1) is 5.92 Å². The predicted molar refractivity (Wildman–Crippen MR) is 106 cm³/mol. The van der Waals surface area contributed by atoms with Crippen molar-refractivity contribution in [2.24, 2.45) is 5.92 Å². The molecule has 1 aliphatic heterocycles. The number of hydrogen-bond donors (Lipinski definition) is 1. The lowest BCUT2D eigenvalue weighted by Gasteiger charge is -2.30. The van der Waals surface area contributed by atoms with Gasteiger partial charge in [-0.15, -0.1) is 0 Å². The zero-order valence-electron chi connectivity index (χ0n) is 16.5. The van der Waals surface area contributed by atoms with Gasteiger partial charge in [0.1, 0.15) is 6.04 Å². The fourth-order valence-corrected chi connectivity index (χ4v) is 3.26. The molecule has 2 heterocycles. The molecule has 7 heteroatoms. The van der Waals surface area contributed by atoms with Crippen molar-refractivity contribution in [1.29, 1.82) is 0 Å². The maximum Gasteiger partial charge on any atom is 0.329 e. The maximum absolute atomic E-state index is 12.7. The van der Waals surface area contributed by atoms with E-state index < -0.39 is 17.9 Å². The first kappa shape index (κ1) is 20.6. The second-order valence-electron chi connectivity index (χ2n) is 7.36. The van der Waals surface area contributed by atoms with Crippen LogP contribution < -0.4 is 5.32 Å². The topological polar surface area (TPSA) is 88.9 Å². The highest BCUT2D eigenvalue weighted by Crippen LogP contribution is 2.16. The van der Waals surface area contributed by atoms with E-state index in [1.807, 2.05) is 30.3 Å². The van der Waals surface area contributed by atoms with E-state index in [2.05, 4.69) is 12.2 Å². The van der Waals surface area contributed by atoms with E-state index in [0.717, 1.165) is 18.4 Å². The van der Waals surface area contributed by atoms with Crippen LogP contribution in [0.15, 0.2) is 53.1 Å². The summed E-state index contributed by atoms with van der Waals surface area (Å²) in [7, 11) is 0. The summed E-state index contributed by atoms with van der Waals surface area (Å²) < 4.78 is 10.3. The minimum absolute atomic E-state index is 0.106. The molecule has 1 atom stereocenters. The lowest BCUT2D eigenvalue weighted by molar-refractivity contribution is -0.154. The number of nitrogens with zero attached hydrogens (tertiary/aromatic N) is 1. The molecule has 0 spiro atoms. The third kappa shape index (κ3) is 5.94. The lowest BCUT2D eigenvalue weighted by atomic mass is 9.99. The predicted octanol–water partition coefficient (Wildman–Crippen LogP) is 2.42. The van der Waals surface area contributed by atoms with Gasteiger partial charge in [0, 0.05) is 19.5 Å². The molecule has 0 bridgehead atoms. The van der Waals surface area contributed by atoms with Gasteiger partial charge in [-0.3, -0.25) is 9.59 Å². The summed E-state index contributed by atoms with van der Waals surface area (Å²) in [5.74, 6) is -0.652. The van der Waals surface area contributed by atoms with Gasteiger partial charge >= 0.3 is 5.97 Å². The highest BCUT2D eigenvalue weighted by Gasteiger charge is 2.27. The number of carbonyl (C=O) groups excluding carboxylic acids is 3. The van der Waals surface area contributed by atoms with E-state index in [4.69, 9.17) is 9.15 Å². The Morgan fingerprint density at radius 2 is 1.86 bits per heavy atom. The number of rotatable bonds is 7. The summed E-state index contributed by atoms with van der Waals surface area (Å²) in [5.41, 5.74) is 0.866. The second-order valence-corrected chi connectivity index (χ2v) is 7.36. The smallest absolute Gasteiger partial charge is 0.329 e. The van der Waals surface area contributed by atoms with Crippen LogP contribution in [-0.2, 0) is 20.7 Å². The van der Waals surface area contributed by atoms with Crippen molar-refractivity contribution >= 4 is 17.8 Å². The molecule has 2 aromatic rings. The SMILES string of the molecule is CC1CCN(C(=O)COC(=O)[C@H](Cc2ccccc2)NC(=O)c2ccco2)CC1. The van der Waals surface area contributed by atoms with E-state index in [1.54, 1.807) is 11.0 Å². The Labute approximate surface area is 170 Å². The van der Waals surface area contributed by atoms with Crippen molar-refractivity contribution < 1.29 is 23.5 Å². The Hall–Kier alpha value is -3.09. The van der Waals surface area contributed by atoms with Crippen LogP contribution in [0.3, 0.4) is 0 Å². The zero-order valence-corrected chi connectivity index (χ0v) is 16.5. The Morgan fingerprint density at radius 1 is 1.14 bits per heavy atom. The number of carbonyl (C=O) groups is 3. The fraction of sp³-hybridized carbons (Fsp3) is 0.409. The molecule has 1 aromatic carbocycles. The number of benzene rings is 1. The summed E-state index contributed by atoms with van der Waals surface area (Å²) in [6.45, 7) is 3.20. The van der Waals surface area contributed by atoms with E-state index in [0.29, 0.717) is 19.0 Å². The molecule has 1 saturated heterocycles. The van der Waals surface area contributed by atoms with Gasteiger partial charge in [0.05, 0.1) is 6.26 Å². The molecule has 1 fully saturated rings. The Kier molecular flexibility index (Phi) is 7.05. The van der Waals surface area contributed by atoms with Gasteiger partial charge in [-0.05, 0) is 36.5 Å².